The monoisotopic (exact) mass is 317 g/mol. The van der Waals surface area contributed by atoms with Crippen molar-refractivity contribution in [3.63, 3.8) is 0 Å². The zero-order valence-electron chi connectivity index (χ0n) is 13.2. The summed E-state index contributed by atoms with van der Waals surface area (Å²) < 4.78 is 0. The summed E-state index contributed by atoms with van der Waals surface area (Å²) in [7, 11) is -3.29. The Morgan fingerprint density at radius 1 is 1.00 bits per heavy atom. The number of carbonyl (C=O) groups excluding carboxylic acids is 1. The smallest absolute Gasteiger partial charge is 0.294 e. The number of benzene rings is 2. The van der Waals surface area contributed by atoms with Gasteiger partial charge in [0.25, 0.3) is 0 Å². The molecule has 0 radical (unpaired) electrons. The Morgan fingerprint density at radius 2 is 1.55 bits per heavy atom. The quantitative estimate of drug-likeness (QED) is 0.657. The van der Waals surface area contributed by atoms with Crippen molar-refractivity contribution in [3.05, 3.63) is 64.7 Å². The zero-order valence-corrected chi connectivity index (χ0v) is 14.1. The van der Waals surface area contributed by atoms with Crippen molar-refractivity contribution in [3.8, 4) is 0 Å². The van der Waals surface area contributed by atoms with Gasteiger partial charge in [0.2, 0.25) is 0 Å². The molecule has 22 heavy (non-hydrogen) atoms. The molecule has 0 aromatic heterocycles. The van der Waals surface area contributed by atoms with Gasteiger partial charge in [0.15, 0.2) is 11.1 Å². The van der Waals surface area contributed by atoms with Crippen molar-refractivity contribution in [2.75, 3.05) is 6.16 Å². The summed E-state index contributed by atoms with van der Waals surface area (Å²) in [5.74, 6) is -0.0597. The van der Waals surface area contributed by atoms with E-state index in [-0.39, 0.29) is 18.4 Å². The average molecular weight is 317 g/mol. The fourth-order valence-electron chi connectivity index (χ4n) is 2.87. The molecule has 0 unspecified atom stereocenters. The van der Waals surface area contributed by atoms with Crippen LogP contribution in [-0.2, 0) is 0 Å². The molecule has 0 amide bonds. The summed E-state index contributed by atoms with van der Waals surface area (Å²) in [6.07, 6.45) is 0.225. The Morgan fingerprint density at radius 3 is 2.09 bits per heavy atom. The first-order valence-corrected chi connectivity index (χ1v) is 9.19. The molecule has 0 spiro atoms. The summed E-state index contributed by atoms with van der Waals surface area (Å²) in [6.45, 7) is 5.75. The number of Topliss-reactive ketones (excluding diaryl/α,β-unsaturated/α-hetero) is 1. The molecule has 3 nitrogen and oxygen atoms in total. The van der Waals surface area contributed by atoms with Crippen LogP contribution in [0.1, 0.15) is 33.5 Å². The maximum atomic E-state index is 12.1. The molecular weight excluding hydrogens is 295 g/mol. The lowest BCUT2D eigenvalue weighted by molar-refractivity contribution is 0.0987. The number of rotatable bonds is 5. The highest BCUT2D eigenvalue weighted by molar-refractivity contribution is 7.72. The molecular formula is C18H22O3P+. The lowest BCUT2D eigenvalue weighted by Gasteiger charge is -2.17. The minimum Gasteiger partial charge on any atom is -0.294 e. The lowest BCUT2D eigenvalue weighted by Crippen LogP contribution is -2.21. The summed E-state index contributed by atoms with van der Waals surface area (Å²) in [5, 5.41) is 0.610. The summed E-state index contributed by atoms with van der Waals surface area (Å²) >= 11 is 0. The van der Waals surface area contributed by atoms with Crippen molar-refractivity contribution in [1.29, 1.82) is 0 Å². The first-order valence-electron chi connectivity index (χ1n) is 7.31. The first kappa shape index (κ1) is 16.8. The van der Waals surface area contributed by atoms with Gasteiger partial charge in [-0.05, 0) is 31.9 Å². The zero-order chi connectivity index (χ0) is 16.3. The van der Waals surface area contributed by atoms with E-state index in [2.05, 4.69) is 0 Å². The van der Waals surface area contributed by atoms with E-state index in [0.29, 0.717) is 10.9 Å². The van der Waals surface area contributed by atoms with Crippen LogP contribution in [-0.4, -0.2) is 21.7 Å². The van der Waals surface area contributed by atoms with E-state index in [9.17, 15) is 14.6 Å². The van der Waals surface area contributed by atoms with Gasteiger partial charge in [0.05, 0.1) is 6.42 Å². The average Bonchev–Trinajstić information content (AvgIpc) is 2.44. The standard InChI is InChI=1S/C18H22O3P/c1-13-11-14(2)18(15(3)12-13)22(20,21)10-9-17(19)16-7-5-4-6-8-16/h4-8,11-12,20-21H,9-10H2,1-3H3/q+1. The van der Waals surface area contributed by atoms with Crippen LogP contribution in [0, 0.1) is 20.8 Å². The highest BCUT2D eigenvalue weighted by Gasteiger charge is 2.40. The molecule has 116 valence electrons. The van der Waals surface area contributed by atoms with Crippen LogP contribution in [0.2, 0.25) is 0 Å². The second-order valence-corrected chi connectivity index (χ2v) is 8.10. The number of hydrogen-bond donors (Lipinski definition) is 2. The number of aryl methyl sites for hydroxylation is 3. The topological polar surface area (TPSA) is 57.5 Å². The Balaban J connectivity index is 2.17. The predicted octanol–water partition coefficient (Wildman–Crippen LogP) is 3.34. The van der Waals surface area contributed by atoms with Crippen molar-refractivity contribution >= 4 is 18.8 Å². The van der Waals surface area contributed by atoms with Gasteiger partial charge in [-0.15, -0.1) is 0 Å². The molecule has 0 bridgehead atoms. The van der Waals surface area contributed by atoms with Crippen LogP contribution in [0.25, 0.3) is 0 Å². The predicted molar refractivity (Wildman–Crippen MR) is 91.9 cm³/mol. The molecule has 4 heteroatoms. The Kier molecular flexibility index (Phi) is 5.12. The van der Waals surface area contributed by atoms with Gasteiger partial charge in [0.1, 0.15) is 6.16 Å². The largest absolute Gasteiger partial charge is 0.300 e. The Labute approximate surface area is 132 Å². The van der Waals surface area contributed by atoms with Gasteiger partial charge in [-0.25, -0.2) is 9.79 Å². The highest BCUT2D eigenvalue weighted by Crippen LogP contribution is 2.51. The second-order valence-electron chi connectivity index (χ2n) is 5.74. The van der Waals surface area contributed by atoms with Crippen molar-refractivity contribution in [1.82, 2.24) is 0 Å². The molecule has 0 heterocycles. The molecule has 0 saturated heterocycles. The van der Waals surface area contributed by atoms with Gasteiger partial charge in [-0.2, -0.15) is 0 Å². The first-order chi connectivity index (χ1) is 10.3. The molecule has 0 aliphatic carbocycles. The summed E-state index contributed by atoms with van der Waals surface area (Å²) in [5.41, 5.74) is 3.46. The van der Waals surface area contributed by atoms with E-state index in [1.807, 2.05) is 51.1 Å². The van der Waals surface area contributed by atoms with Crippen LogP contribution in [0.4, 0.5) is 0 Å². The third-order valence-electron chi connectivity index (χ3n) is 3.74. The maximum Gasteiger partial charge on any atom is 0.300 e. The number of carbonyl (C=O) groups is 1. The minimum atomic E-state index is -3.29. The Bertz CT molecular complexity index is 655. The molecule has 2 N–H and O–H groups in total. The molecule has 2 aromatic rings. The molecule has 0 saturated carbocycles. The summed E-state index contributed by atoms with van der Waals surface area (Å²) in [4.78, 5) is 33.2. The van der Waals surface area contributed by atoms with Gasteiger partial charge >= 0.3 is 7.72 Å². The van der Waals surface area contributed by atoms with Gasteiger partial charge < -0.3 is 0 Å². The third kappa shape index (κ3) is 3.80. The fourth-order valence-corrected chi connectivity index (χ4v) is 4.87. The second kappa shape index (κ2) is 6.70. The van der Waals surface area contributed by atoms with E-state index in [1.165, 1.54) is 0 Å². The van der Waals surface area contributed by atoms with Crippen molar-refractivity contribution in [2.45, 2.75) is 27.2 Å². The van der Waals surface area contributed by atoms with E-state index in [4.69, 9.17) is 0 Å². The van der Waals surface area contributed by atoms with Crippen LogP contribution >= 0.6 is 7.72 Å². The van der Waals surface area contributed by atoms with E-state index in [1.54, 1.807) is 12.1 Å². The van der Waals surface area contributed by atoms with E-state index in [0.717, 1.165) is 16.7 Å². The van der Waals surface area contributed by atoms with Crippen LogP contribution in [0.5, 0.6) is 0 Å². The Hall–Kier alpha value is -1.54. The van der Waals surface area contributed by atoms with E-state index < -0.39 is 7.72 Å². The lowest BCUT2D eigenvalue weighted by atomic mass is 10.1. The SMILES string of the molecule is Cc1cc(C)c([P+](O)(O)CCC(=O)c2ccccc2)c(C)c1. The van der Waals surface area contributed by atoms with Crippen molar-refractivity contribution < 1.29 is 14.6 Å². The minimum absolute atomic E-state index is 0.0597. The van der Waals surface area contributed by atoms with Gasteiger partial charge in [-0.3, -0.25) is 4.79 Å². The highest BCUT2D eigenvalue weighted by atomic mass is 31.2. The van der Waals surface area contributed by atoms with Crippen LogP contribution in [0.3, 0.4) is 0 Å². The molecule has 0 aliphatic rings. The molecule has 2 aromatic carbocycles. The summed E-state index contributed by atoms with van der Waals surface area (Å²) in [6, 6.07) is 12.9. The molecule has 0 fully saturated rings. The van der Waals surface area contributed by atoms with E-state index >= 15 is 0 Å². The molecule has 2 rings (SSSR count). The van der Waals surface area contributed by atoms with Crippen LogP contribution in [0.15, 0.2) is 42.5 Å². The van der Waals surface area contributed by atoms with Crippen molar-refractivity contribution in [2.24, 2.45) is 0 Å². The molecule has 0 atom stereocenters. The molecule has 0 aliphatic heterocycles. The number of ketones is 1. The third-order valence-corrected chi connectivity index (χ3v) is 6.01. The normalized spacial score (nSPS) is 11.5. The van der Waals surface area contributed by atoms with Crippen LogP contribution < -0.4 is 5.30 Å². The number of hydrogen-bond acceptors (Lipinski definition) is 3. The fraction of sp³-hybridized carbons (Fsp3) is 0.278. The van der Waals surface area contributed by atoms with Gasteiger partial charge in [0, 0.05) is 5.56 Å². The van der Waals surface area contributed by atoms with Gasteiger partial charge in [-0.1, -0.05) is 48.0 Å². The maximum absolute atomic E-state index is 12.1.